The van der Waals surface area contributed by atoms with Gasteiger partial charge in [-0.25, -0.2) is 4.79 Å². The van der Waals surface area contributed by atoms with Crippen LogP contribution in [0.2, 0.25) is 0 Å². The quantitative estimate of drug-likeness (QED) is 0.770. The minimum Gasteiger partial charge on any atom is -0.496 e. The highest BCUT2D eigenvalue weighted by atomic mass is 16.5. The third kappa shape index (κ3) is 2.86. The predicted octanol–water partition coefficient (Wildman–Crippen LogP) is 3.67. The first-order valence-electron chi connectivity index (χ1n) is 7.47. The Morgan fingerprint density at radius 2 is 1.83 bits per heavy atom. The van der Waals surface area contributed by atoms with Crippen molar-refractivity contribution in [1.29, 1.82) is 0 Å². The summed E-state index contributed by atoms with van der Waals surface area (Å²) in [6.07, 6.45) is 0.828. The average molecular weight is 324 g/mol. The maximum atomic E-state index is 10.9. The number of hydrogen-bond acceptors (Lipinski definition) is 5. The summed E-state index contributed by atoms with van der Waals surface area (Å²) < 4.78 is 11.2. The van der Waals surface area contributed by atoms with E-state index in [0.29, 0.717) is 17.3 Å². The summed E-state index contributed by atoms with van der Waals surface area (Å²) in [6, 6.07) is 12.1. The van der Waals surface area contributed by atoms with Gasteiger partial charge in [0.25, 0.3) is 5.89 Å². The molecule has 24 heavy (non-hydrogen) atoms. The second-order valence-electron chi connectivity index (χ2n) is 5.15. The van der Waals surface area contributed by atoms with Crippen LogP contribution in [-0.2, 0) is 6.42 Å². The summed E-state index contributed by atoms with van der Waals surface area (Å²) in [5.74, 6) is 0.427. The normalized spacial score (nSPS) is 10.6. The van der Waals surface area contributed by atoms with E-state index in [1.165, 1.54) is 12.1 Å². The number of aromatic carboxylic acids is 1. The number of ether oxygens (including phenoxy) is 1. The first-order chi connectivity index (χ1) is 11.6. The van der Waals surface area contributed by atoms with E-state index in [1.54, 1.807) is 19.2 Å². The smallest absolute Gasteiger partial charge is 0.335 e. The van der Waals surface area contributed by atoms with Crippen LogP contribution in [0.3, 0.4) is 0 Å². The number of carboxylic acids is 1. The van der Waals surface area contributed by atoms with Gasteiger partial charge >= 0.3 is 5.97 Å². The van der Waals surface area contributed by atoms with E-state index in [9.17, 15) is 4.79 Å². The molecule has 0 saturated heterocycles. The fourth-order valence-electron chi connectivity index (χ4n) is 2.48. The van der Waals surface area contributed by atoms with E-state index in [1.807, 2.05) is 25.1 Å². The number of carboxylic acid groups (broad SMARTS) is 1. The molecule has 0 saturated carbocycles. The first-order valence-corrected chi connectivity index (χ1v) is 7.47. The molecule has 6 nitrogen and oxygen atoms in total. The Kier molecular flexibility index (Phi) is 4.29. The zero-order valence-electron chi connectivity index (χ0n) is 13.3. The molecule has 0 spiro atoms. The fraction of sp³-hybridized carbons (Fsp3) is 0.167. The summed E-state index contributed by atoms with van der Waals surface area (Å²) >= 11 is 0. The number of nitrogens with zero attached hydrogens (tertiary/aromatic N) is 2. The van der Waals surface area contributed by atoms with Crippen molar-refractivity contribution in [1.82, 2.24) is 10.2 Å². The molecule has 1 aromatic heterocycles. The molecule has 0 aliphatic carbocycles. The van der Waals surface area contributed by atoms with Crippen LogP contribution in [0.25, 0.3) is 22.9 Å². The van der Waals surface area contributed by atoms with Gasteiger partial charge in [0.1, 0.15) is 5.75 Å². The Balaban J connectivity index is 1.98. The molecule has 0 bridgehead atoms. The van der Waals surface area contributed by atoms with Crippen LogP contribution in [0.15, 0.2) is 46.9 Å². The first kappa shape index (κ1) is 15.7. The van der Waals surface area contributed by atoms with E-state index >= 15 is 0 Å². The monoisotopic (exact) mass is 324 g/mol. The molecule has 122 valence electrons. The maximum Gasteiger partial charge on any atom is 0.335 e. The highest BCUT2D eigenvalue weighted by Crippen LogP contribution is 2.34. The van der Waals surface area contributed by atoms with Gasteiger partial charge in [-0.2, -0.15) is 0 Å². The molecule has 1 N–H and O–H groups in total. The summed E-state index contributed by atoms with van der Waals surface area (Å²) in [5, 5.41) is 17.1. The number of para-hydroxylation sites is 1. The Hall–Kier alpha value is -3.15. The molecule has 3 aromatic rings. The molecule has 0 radical (unpaired) electrons. The number of methoxy groups -OCH3 is 1. The van der Waals surface area contributed by atoms with Crippen molar-refractivity contribution in [3.8, 4) is 28.7 Å². The lowest BCUT2D eigenvalue weighted by atomic mass is 10.1. The molecule has 1 heterocycles. The number of aromatic nitrogens is 2. The van der Waals surface area contributed by atoms with E-state index in [-0.39, 0.29) is 5.56 Å². The molecule has 0 aliphatic heterocycles. The van der Waals surface area contributed by atoms with Crippen LogP contribution in [0.5, 0.6) is 5.75 Å². The van der Waals surface area contributed by atoms with Crippen molar-refractivity contribution in [3.05, 3.63) is 53.6 Å². The van der Waals surface area contributed by atoms with Crippen LogP contribution in [-0.4, -0.2) is 28.4 Å². The lowest BCUT2D eigenvalue weighted by Crippen LogP contribution is -1.94. The van der Waals surface area contributed by atoms with Crippen molar-refractivity contribution in [2.75, 3.05) is 7.11 Å². The van der Waals surface area contributed by atoms with Gasteiger partial charge in [-0.05, 0) is 42.3 Å². The van der Waals surface area contributed by atoms with Crippen LogP contribution in [0.4, 0.5) is 0 Å². The van der Waals surface area contributed by atoms with Gasteiger partial charge in [0.15, 0.2) is 0 Å². The van der Waals surface area contributed by atoms with E-state index < -0.39 is 5.97 Å². The number of aryl methyl sites for hydroxylation is 1. The van der Waals surface area contributed by atoms with Crippen molar-refractivity contribution >= 4 is 5.97 Å². The molecule has 6 heteroatoms. The number of carbonyl (C=O) groups is 1. The second kappa shape index (κ2) is 6.54. The van der Waals surface area contributed by atoms with Gasteiger partial charge in [0, 0.05) is 5.56 Å². The number of rotatable bonds is 5. The van der Waals surface area contributed by atoms with Gasteiger partial charge in [-0.1, -0.05) is 19.1 Å². The van der Waals surface area contributed by atoms with Crippen LogP contribution in [0.1, 0.15) is 22.8 Å². The van der Waals surface area contributed by atoms with Gasteiger partial charge in [0.05, 0.1) is 18.2 Å². The summed E-state index contributed by atoms with van der Waals surface area (Å²) in [4.78, 5) is 10.9. The standard InChI is InChI=1S/C18H16N2O4/c1-3-11-5-4-6-14(15(11)23-2)17-20-19-16(24-17)12-7-9-13(10-8-12)18(21)22/h4-10H,3H2,1-2H3,(H,21,22). The Labute approximate surface area is 138 Å². The van der Waals surface area contributed by atoms with Gasteiger partial charge in [-0.15, -0.1) is 10.2 Å². The minimum atomic E-state index is -0.978. The maximum absolute atomic E-state index is 10.9. The minimum absolute atomic E-state index is 0.204. The van der Waals surface area contributed by atoms with E-state index in [2.05, 4.69) is 10.2 Å². The third-order valence-corrected chi connectivity index (χ3v) is 3.72. The van der Waals surface area contributed by atoms with Crippen LogP contribution >= 0.6 is 0 Å². The van der Waals surface area contributed by atoms with Gasteiger partial charge < -0.3 is 14.3 Å². The molecule has 3 rings (SSSR count). The molecule has 0 amide bonds. The van der Waals surface area contributed by atoms with Crippen molar-refractivity contribution in [3.63, 3.8) is 0 Å². The lowest BCUT2D eigenvalue weighted by Gasteiger charge is -2.09. The summed E-state index contributed by atoms with van der Waals surface area (Å²) in [5.41, 5.74) is 2.65. The molecular formula is C18H16N2O4. The number of benzene rings is 2. The average Bonchev–Trinajstić information content (AvgIpc) is 3.10. The lowest BCUT2D eigenvalue weighted by molar-refractivity contribution is 0.0697. The van der Waals surface area contributed by atoms with Crippen LogP contribution < -0.4 is 4.74 Å². The van der Waals surface area contributed by atoms with Gasteiger partial charge in [0.2, 0.25) is 5.89 Å². The predicted molar refractivity (Wildman–Crippen MR) is 88.1 cm³/mol. The molecule has 0 fully saturated rings. The number of hydrogen-bond donors (Lipinski definition) is 1. The SMILES string of the molecule is CCc1cccc(-c2nnc(-c3ccc(C(=O)O)cc3)o2)c1OC. The van der Waals surface area contributed by atoms with Crippen molar-refractivity contribution in [2.45, 2.75) is 13.3 Å². The largest absolute Gasteiger partial charge is 0.496 e. The fourth-order valence-corrected chi connectivity index (χ4v) is 2.48. The molecule has 0 aliphatic rings. The van der Waals surface area contributed by atoms with E-state index in [4.69, 9.17) is 14.3 Å². The van der Waals surface area contributed by atoms with E-state index in [0.717, 1.165) is 23.3 Å². The zero-order chi connectivity index (χ0) is 17.1. The zero-order valence-corrected chi connectivity index (χ0v) is 13.3. The highest BCUT2D eigenvalue weighted by Gasteiger charge is 2.16. The van der Waals surface area contributed by atoms with Crippen molar-refractivity contribution < 1.29 is 19.1 Å². The van der Waals surface area contributed by atoms with Crippen molar-refractivity contribution in [2.24, 2.45) is 0 Å². The molecular weight excluding hydrogens is 308 g/mol. The molecule has 2 aromatic carbocycles. The molecule has 0 unspecified atom stereocenters. The Morgan fingerprint density at radius 1 is 1.12 bits per heavy atom. The molecule has 0 atom stereocenters. The summed E-state index contributed by atoms with van der Waals surface area (Å²) in [6.45, 7) is 2.05. The van der Waals surface area contributed by atoms with Gasteiger partial charge in [-0.3, -0.25) is 0 Å². The Bertz CT molecular complexity index is 869. The highest BCUT2D eigenvalue weighted by molar-refractivity contribution is 5.88. The second-order valence-corrected chi connectivity index (χ2v) is 5.15. The topological polar surface area (TPSA) is 85.5 Å². The third-order valence-electron chi connectivity index (χ3n) is 3.72. The summed E-state index contributed by atoms with van der Waals surface area (Å²) in [7, 11) is 1.61. The Morgan fingerprint density at radius 3 is 2.46 bits per heavy atom. The van der Waals surface area contributed by atoms with Crippen LogP contribution in [0, 0.1) is 0 Å².